The Morgan fingerprint density at radius 1 is 0.762 bits per heavy atom. The van der Waals surface area contributed by atoms with Crippen LogP contribution in [0.1, 0.15) is 0 Å². The van der Waals surface area contributed by atoms with E-state index in [1.807, 2.05) is 0 Å². The third-order valence-electron chi connectivity index (χ3n) is 4.08. The fraction of sp³-hybridized carbons (Fsp3) is 0. The van der Waals surface area contributed by atoms with Crippen molar-refractivity contribution in [1.29, 1.82) is 0 Å². The van der Waals surface area contributed by atoms with Gasteiger partial charge < -0.3 is 5.73 Å². The van der Waals surface area contributed by atoms with E-state index >= 15 is 0 Å². The fourth-order valence-electron chi connectivity index (χ4n) is 2.98. The lowest BCUT2D eigenvalue weighted by Crippen LogP contribution is -2.12. The topological polar surface area (TPSA) is 26.0 Å². The molecule has 0 spiro atoms. The van der Waals surface area contributed by atoms with Gasteiger partial charge >= 0.3 is 0 Å². The smallest absolute Gasteiger partial charge is 0.117 e. The van der Waals surface area contributed by atoms with E-state index in [-0.39, 0.29) is 0 Å². The van der Waals surface area contributed by atoms with Crippen LogP contribution in [0.15, 0.2) is 54.6 Å². The molecule has 0 bridgehead atoms. The molecule has 4 aromatic rings. The van der Waals surface area contributed by atoms with E-state index in [2.05, 4.69) is 77.2 Å². The van der Waals surface area contributed by atoms with Crippen LogP contribution in [0.25, 0.3) is 32.3 Å². The maximum atomic E-state index is 6.19. The molecule has 4 aromatic carbocycles. The summed E-state index contributed by atoms with van der Waals surface area (Å²) in [7, 11) is 6.19. The number of rotatable bonds is 0. The number of anilines is 1. The van der Waals surface area contributed by atoms with Crippen molar-refractivity contribution in [3.63, 3.8) is 0 Å². The maximum Gasteiger partial charge on any atom is 0.117 e. The van der Waals surface area contributed by atoms with Crippen LogP contribution >= 0.6 is 22.6 Å². The monoisotopic (exact) mass is 379 g/mol. The van der Waals surface area contributed by atoms with E-state index in [1.165, 1.54) is 21.5 Å². The van der Waals surface area contributed by atoms with Crippen LogP contribution in [-0.4, -0.2) is 7.85 Å². The molecule has 3 heteroatoms. The molecule has 0 fully saturated rings. The number of benzene rings is 4. The van der Waals surface area contributed by atoms with Crippen molar-refractivity contribution >= 4 is 73.9 Å². The molecular formula is C18H11BIN. The Balaban J connectivity index is 2.27. The van der Waals surface area contributed by atoms with Crippen molar-refractivity contribution < 1.29 is 0 Å². The van der Waals surface area contributed by atoms with Gasteiger partial charge in [0.1, 0.15) is 7.85 Å². The summed E-state index contributed by atoms with van der Waals surface area (Å²) in [5, 5.41) is 7.17. The number of fused-ring (bicyclic) bond motifs is 5. The normalized spacial score (nSPS) is 11.5. The minimum atomic E-state index is 0.670. The van der Waals surface area contributed by atoms with Gasteiger partial charge in [0, 0.05) is 9.26 Å². The van der Waals surface area contributed by atoms with E-state index in [1.54, 1.807) is 0 Å². The minimum Gasteiger partial charge on any atom is -0.398 e. The Morgan fingerprint density at radius 3 is 2.29 bits per heavy atom. The van der Waals surface area contributed by atoms with Gasteiger partial charge in [-0.1, -0.05) is 54.0 Å². The van der Waals surface area contributed by atoms with Crippen molar-refractivity contribution in [2.75, 3.05) is 5.73 Å². The molecule has 0 aliphatic carbocycles. The van der Waals surface area contributed by atoms with Gasteiger partial charge in [-0.25, -0.2) is 0 Å². The number of nitrogens with two attached hydrogens (primary N) is 1. The Hall–Kier alpha value is -1.75. The molecule has 0 amide bonds. The molecule has 21 heavy (non-hydrogen) atoms. The Labute approximate surface area is 137 Å². The molecule has 0 heterocycles. The standard InChI is InChI=1S/C18H11BIN/c19-17-14-8-7-12-11-4-2-1-3-10(11)5-6-13(12)15(14)9-16(20)18(17)21/h1-9H,21H2. The highest BCUT2D eigenvalue weighted by atomic mass is 127. The van der Waals surface area contributed by atoms with Gasteiger partial charge in [-0.15, -0.1) is 0 Å². The molecular weight excluding hydrogens is 368 g/mol. The van der Waals surface area contributed by atoms with Gasteiger partial charge in [0.15, 0.2) is 0 Å². The highest BCUT2D eigenvalue weighted by molar-refractivity contribution is 14.1. The fourth-order valence-corrected chi connectivity index (χ4v) is 3.58. The van der Waals surface area contributed by atoms with Crippen molar-refractivity contribution in [2.24, 2.45) is 0 Å². The Morgan fingerprint density at radius 2 is 1.43 bits per heavy atom. The number of hydrogen-bond acceptors (Lipinski definition) is 1. The van der Waals surface area contributed by atoms with Crippen molar-refractivity contribution in [3.8, 4) is 0 Å². The van der Waals surface area contributed by atoms with Crippen LogP contribution in [0.3, 0.4) is 0 Å². The van der Waals surface area contributed by atoms with Gasteiger partial charge in [-0.05, 0) is 61.0 Å². The maximum absolute atomic E-state index is 6.19. The van der Waals surface area contributed by atoms with Crippen LogP contribution < -0.4 is 11.2 Å². The third-order valence-corrected chi connectivity index (χ3v) is 4.97. The number of hydrogen-bond donors (Lipinski definition) is 1. The predicted octanol–water partition coefficient (Wildman–Crippen LogP) is 4.13. The van der Waals surface area contributed by atoms with Gasteiger partial charge in [0.05, 0.1) is 0 Å². The van der Waals surface area contributed by atoms with Crippen molar-refractivity contribution in [2.45, 2.75) is 0 Å². The van der Waals surface area contributed by atoms with E-state index in [0.717, 1.165) is 14.3 Å². The van der Waals surface area contributed by atoms with E-state index in [4.69, 9.17) is 13.6 Å². The first-order valence-corrected chi connectivity index (χ1v) is 7.82. The molecule has 4 rings (SSSR count). The van der Waals surface area contributed by atoms with Crippen LogP contribution in [0.4, 0.5) is 5.69 Å². The summed E-state index contributed by atoms with van der Waals surface area (Å²) in [5.74, 6) is 0. The Bertz CT molecular complexity index is 1020. The zero-order valence-corrected chi connectivity index (χ0v) is 13.4. The summed E-state index contributed by atoms with van der Waals surface area (Å²) in [5.41, 5.74) is 7.39. The first-order chi connectivity index (χ1) is 10.2. The second kappa shape index (κ2) is 4.63. The van der Waals surface area contributed by atoms with Crippen LogP contribution in [-0.2, 0) is 0 Å². The van der Waals surface area contributed by atoms with Gasteiger partial charge in [0.2, 0.25) is 0 Å². The first kappa shape index (κ1) is 13.0. The number of nitrogen functional groups attached to an aromatic ring is 1. The molecule has 0 aliphatic rings. The third kappa shape index (κ3) is 1.84. The minimum absolute atomic E-state index is 0.670. The summed E-state index contributed by atoms with van der Waals surface area (Å²) in [6.45, 7) is 0. The summed E-state index contributed by atoms with van der Waals surface area (Å²) in [4.78, 5) is 0. The number of halogens is 1. The highest BCUT2D eigenvalue weighted by Crippen LogP contribution is 2.32. The second-order valence-electron chi connectivity index (χ2n) is 5.23. The second-order valence-corrected chi connectivity index (χ2v) is 6.39. The molecule has 1 nitrogen and oxygen atoms in total. The summed E-state index contributed by atoms with van der Waals surface area (Å²) < 4.78 is 0.998. The first-order valence-electron chi connectivity index (χ1n) is 6.74. The van der Waals surface area contributed by atoms with Crippen LogP contribution in [0, 0.1) is 3.57 Å². The summed E-state index contributed by atoms with van der Waals surface area (Å²) in [6, 6.07) is 19.1. The molecule has 0 saturated heterocycles. The molecule has 0 saturated carbocycles. The Kier molecular flexibility index (Phi) is 2.86. The van der Waals surface area contributed by atoms with Crippen LogP contribution in [0.5, 0.6) is 0 Å². The van der Waals surface area contributed by atoms with Gasteiger partial charge in [-0.2, -0.15) is 0 Å². The zero-order valence-electron chi connectivity index (χ0n) is 11.2. The molecule has 0 aromatic heterocycles. The quantitative estimate of drug-likeness (QED) is 0.212. The molecule has 0 aliphatic heterocycles. The molecule has 2 radical (unpaired) electrons. The van der Waals surface area contributed by atoms with Gasteiger partial charge in [0.25, 0.3) is 0 Å². The average molecular weight is 379 g/mol. The zero-order chi connectivity index (χ0) is 14.6. The van der Waals surface area contributed by atoms with E-state index in [0.29, 0.717) is 11.2 Å². The molecule has 98 valence electrons. The van der Waals surface area contributed by atoms with Crippen molar-refractivity contribution in [3.05, 3.63) is 58.2 Å². The predicted molar refractivity (Wildman–Crippen MR) is 101 cm³/mol. The van der Waals surface area contributed by atoms with Crippen molar-refractivity contribution in [1.82, 2.24) is 0 Å². The lowest BCUT2D eigenvalue weighted by atomic mass is 9.86. The lowest BCUT2D eigenvalue weighted by molar-refractivity contribution is 1.73. The molecule has 0 unspecified atom stereocenters. The summed E-state index contributed by atoms with van der Waals surface area (Å²) in [6.07, 6.45) is 0. The van der Waals surface area contributed by atoms with Crippen LogP contribution in [0.2, 0.25) is 0 Å². The molecule has 2 N–H and O–H groups in total. The van der Waals surface area contributed by atoms with E-state index in [9.17, 15) is 0 Å². The largest absolute Gasteiger partial charge is 0.398 e. The van der Waals surface area contributed by atoms with E-state index < -0.39 is 0 Å². The van der Waals surface area contributed by atoms with Gasteiger partial charge in [-0.3, -0.25) is 0 Å². The molecule has 0 atom stereocenters. The summed E-state index contributed by atoms with van der Waals surface area (Å²) >= 11 is 2.24. The lowest BCUT2D eigenvalue weighted by Gasteiger charge is -2.12. The highest BCUT2D eigenvalue weighted by Gasteiger charge is 2.09. The SMILES string of the molecule is [B]c1c(N)c(I)cc2c1ccc1c3ccccc3ccc21. The average Bonchev–Trinajstić information content (AvgIpc) is 2.52.